The molecule has 0 aromatic heterocycles. The summed E-state index contributed by atoms with van der Waals surface area (Å²) in [4.78, 5) is 12.4. The van der Waals surface area contributed by atoms with E-state index in [2.05, 4.69) is 21.2 Å². The summed E-state index contributed by atoms with van der Waals surface area (Å²) in [5.41, 5.74) is 7.87. The van der Waals surface area contributed by atoms with E-state index in [0.717, 1.165) is 29.5 Å². The number of amides is 1. The van der Waals surface area contributed by atoms with Gasteiger partial charge in [0, 0.05) is 23.0 Å². The third kappa shape index (κ3) is 2.38. The molecule has 5 heteroatoms. The molecule has 1 aliphatic carbocycles. The van der Waals surface area contributed by atoms with Gasteiger partial charge in [0.05, 0.1) is 17.7 Å². The van der Waals surface area contributed by atoms with Gasteiger partial charge >= 0.3 is 0 Å². The molecule has 1 heterocycles. The SMILES string of the molecule is Cc1ccc(Br)c(C(=O)NC2C(N)C3CCCOC32)c1. The lowest BCUT2D eigenvalue weighted by atomic mass is 9.68. The topological polar surface area (TPSA) is 64.4 Å². The average Bonchev–Trinajstić information content (AvgIpc) is 2.46. The van der Waals surface area contributed by atoms with E-state index in [-0.39, 0.29) is 24.1 Å². The summed E-state index contributed by atoms with van der Waals surface area (Å²) in [6, 6.07) is 5.68. The number of ether oxygens (including phenoxy) is 1. The Hall–Kier alpha value is -0.910. The van der Waals surface area contributed by atoms with Crippen molar-refractivity contribution in [2.75, 3.05) is 6.61 Å². The second-order valence-corrected chi connectivity index (χ2v) is 6.56. The number of benzene rings is 1. The lowest BCUT2D eigenvalue weighted by molar-refractivity contribution is -0.117. The number of nitrogens with one attached hydrogen (secondary N) is 1. The molecule has 108 valence electrons. The first-order chi connectivity index (χ1) is 9.58. The van der Waals surface area contributed by atoms with Gasteiger partial charge in [0.25, 0.3) is 5.91 Å². The number of rotatable bonds is 2. The van der Waals surface area contributed by atoms with Gasteiger partial charge in [-0.25, -0.2) is 0 Å². The molecule has 4 unspecified atom stereocenters. The zero-order chi connectivity index (χ0) is 14.3. The molecule has 0 radical (unpaired) electrons. The minimum Gasteiger partial charge on any atom is -0.376 e. The van der Waals surface area contributed by atoms with Crippen molar-refractivity contribution in [3.8, 4) is 0 Å². The number of hydrogen-bond donors (Lipinski definition) is 2. The minimum atomic E-state index is -0.0892. The summed E-state index contributed by atoms with van der Waals surface area (Å²) in [6.07, 6.45) is 2.26. The highest BCUT2D eigenvalue weighted by Crippen LogP contribution is 2.37. The monoisotopic (exact) mass is 338 g/mol. The summed E-state index contributed by atoms with van der Waals surface area (Å²) in [6.45, 7) is 2.74. The maximum absolute atomic E-state index is 12.4. The van der Waals surface area contributed by atoms with Crippen molar-refractivity contribution >= 4 is 21.8 Å². The molecule has 1 amide bonds. The van der Waals surface area contributed by atoms with Crippen molar-refractivity contribution in [3.05, 3.63) is 33.8 Å². The predicted octanol–water partition coefficient (Wildman–Crippen LogP) is 1.99. The molecule has 1 aromatic rings. The number of hydrogen-bond acceptors (Lipinski definition) is 3. The summed E-state index contributed by atoms with van der Waals surface area (Å²) >= 11 is 3.42. The second kappa shape index (κ2) is 5.47. The first-order valence-electron chi connectivity index (χ1n) is 7.02. The Kier molecular flexibility index (Phi) is 3.84. The fraction of sp³-hybridized carbons (Fsp3) is 0.533. The zero-order valence-electron chi connectivity index (χ0n) is 11.4. The quantitative estimate of drug-likeness (QED) is 0.866. The van der Waals surface area contributed by atoms with Gasteiger partial charge in [-0.2, -0.15) is 0 Å². The molecule has 20 heavy (non-hydrogen) atoms. The lowest BCUT2D eigenvalue weighted by Gasteiger charge is -2.52. The maximum Gasteiger partial charge on any atom is 0.252 e. The number of aryl methyl sites for hydroxylation is 1. The van der Waals surface area contributed by atoms with E-state index in [1.54, 1.807) is 0 Å². The number of carbonyl (C=O) groups is 1. The van der Waals surface area contributed by atoms with Gasteiger partial charge < -0.3 is 15.8 Å². The summed E-state index contributed by atoms with van der Waals surface area (Å²) in [5, 5.41) is 3.03. The van der Waals surface area contributed by atoms with E-state index in [1.807, 2.05) is 25.1 Å². The molecule has 2 fully saturated rings. The van der Waals surface area contributed by atoms with Gasteiger partial charge in [0.15, 0.2) is 0 Å². The highest BCUT2D eigenvalue weighted by atomic mass is 79.9. The van der Waals surface area contributed by atoms with Crippen LogP contribution >= 0.6 is 15.9 Å². The Morgan fingerprint density at radius 3 is 3.10 bits per heavy atom. The van der Waals surface area contributed by atoms with Crippen LogP contribution in [0.5, 0.6) is 0 Å². The van der Waals surface area contributed by atoms with Crippen molar-refractivity contribution in [1.29, 1.82) is 0 Å². The molecule has 1 saturated carbocycles. The molecular formula is C15H19BrN2O2. The van der Waals surface area contributed by atoms with Crippen LogP contribution in [0.25, 0.3) is 0 Å². The minimum absolute atomic E-state index is 0.00725. The standard InChI is InChI=1S/C15H19BrN2O2/c1-8-4-5-11(16)10(7-8)15(19)18-13-12(17)9-3-2-6-20-14(9)13/h4-5,7,9,12-14H,2-3,6,17H2,1H3,(H,18,19). The molecule has 1 saturated heterocycles. The Labute approximate surface area is 127 Å². The van der Waals surface area contributed by atoms with E-state index in [0.29, 0.717) is 11.5 Å². The first-order valence-corrected chi connectivity index (χ1v) is 7.81. The van der Waals surface area contributed by atoms with Crippen molar-refractivity contribution in [2.45, 2.75) is 38.0 Å². The van der Waals surface area contributed by atoms with Crippen LogP contribution in [0.2, 0.25) is 0 Å². The zero-order valence-corrected chi connectivity index (χ0v) is 13.0. The van der Waals surface area contributed by atoms with Crippen molar-refractivity contribution in [1.82, 2.24) is 5.32 Å². The van der Waals surface area contributed by atoms with E-state index < -0.39 is 0 Å². The van der Waals surface area contributed by atoms with Gasteiger partial charge in [-0.3, -0.25) is 4.79 Å². The highest BCUT2D eigenvalue weighted by Gasteiger charge is 2.51. The molecule has 4 atom stereocenters. The largest absolute Gasteiger partial charge is 0.376 e. The Morgan fingerprint density at radius 2 is 2.30 bits per heavy atom. The predicted molar refractivity (Wildman–Crippen MR) is 80.6 cm³/mol. The maximum atomic E-state index is 12.4. The molecule has 0 spiro atoms. The van der Waals surface area contributed by atoms with E-state index in [4.69, 9.17) is 10.5 Å². The van der Waals surface area contributed by atoms with Crippen LogP contribution in [0, 0.1) is 12.8 Å². The molecule has 4 nitrogen and oxygen atoms in total. The molecular weight excluding hydrogens is 320 g/mol. The number of fused-ring (bicyclic) bond motifs is 1. The van der Waals surface area contributed by atoms with Crippen LogP contribution in [0.1, 0.15) is 28.8 Å². The summed E-state index contributed by atoms with van der Waals surface area (Å²) in [7, 11) is 0. The van der Waals surface area contributed by atoms with Crippen LogP contribution in [0.4, 0.5) is 0 Å². The molecule has 3 N–H and O–H groups in total. The Balaban J connectivity index is 1.71. The number of carbonyl (C=O) groups excluding carboxylic acids is 1. The number of nitrogens with two attached hydrogens (primary N) is 1. The van der Waals surface area contributed by atoms with Crippen LogP contribution < -0.4 is 11.1 Å². The van der Waals surface area contributed by atoms with E-state index in [1.165, 1.54) is 0 Å². The fourth-order valence-corrected chi connectivity index (χ4v) is 3.59. The van der Waals surface area contributed by atoms with Gasteiger partial charge in [-0.1, -0.05) is 11.6 Å². The molecule has 1 aliphatic heterocycles. The van der Waals surface area contributed by atoms with Crippen molar-refractivity contribution < 1.29 is 9.53 Å². The normalized spacial score (nSPS) is 32.1. The van der Waals surface area contributed by atoms with Gasteiger partial charge in [0.2, 0.25) is 0 Å². The first kappa shape index (κ1) is 14.0. The lowest BCUT2D eigenvalue weighted by Crippen LogP contribution is -2.72. The van der Waals surface area contributed by atoms with Gasteiger partial charge in [-0.05, 0) is 47.8 Å². The average molecular weight is 339 g/mol. The van der Waals surface area contributed by atoms with Crippen molar-refractivity contribution in [3.63, 3.8) is 0 Å². The highest BCUT2D eigenvalue weighted by molar-refractivity contribution is 9.10. The molecule has 2 aliphatic rings. The number of halogens is 1. The third-order valence-electron chi connectivity index (χ3n) is 4.34. The van der Waals surface area contributed by atoms with Gasteiger partial charge in [-0.15, -0.1) is 0 Å². The molecule has 3 rings (SSSR count). The van der Waals surface area contributed by atoms with Crippen LogP contribution in [-0.4, -0.2) is 30.7 Å². The summed E-state index contributed by atoms with van der Waals surface area (Å²) in [5.74, 6) is 0.309. The van der Waals surface area contributed by atoms with Crippen molar-refractivity contribution in [2.24, 2.45) is 11.7 Å². The Morgan fingerprint density at radius 1 is 1.50 bits per heavy atom. The summed E-state index contributed by atoms with van der Waals surface area (Å²) < 4.78 is 6.54. The smallest absolute Gasteiger partial charge is 0.252 e. The molecule has 0 bridgehead atoms. The third-order valence-corrected chi connectivity index (χ3v) is 5.03. The second-order valence-electron chi connectivity index (χ2n) is 5.70. The van der Waals surface area contributed by atoms with Gasteiger partial charge in [0.1, 0.15) is 0 Å². The van der Waals surface area contributed by atoms with Crippen LogP contribution in [0.3, 0.4) is 0 Å². The fourth-order valence-electron chi connectivity index (χ4n) is 3.17. The van der Waals surface area contributed by atoms with Crippen LogP contribution in [-0.2, 0) is 4.74 Å². The molecule has 1 aromatic carbocycles. The van der Waals surface area contributed by atoms with E-state index in [9.17, 15) is 4.79 Å². The van der Waals surface area contributed by atoms with E-state index >= 15 is 0 Å². The van der Waals surface area contributed by atoms with Crippen LogP contribution in [0.15, 0.2) is 22.7 Å². The Bertz CT molecular complexity index is 535.